The molecular weight excluding hydrogens is 769 g/mol. The molecule has 0 saturated carbocycles. The molecule has 0 unspecified atom stereocenters. The van der Waals surface area contributed by atoms with Crippen LogP contribution in [0.3, 0.4) is 0 Å². The molecule has 3 aliphatic heterocycles. The zero-order chi connectivity index (χ0) is 42.8. The van der Waals surface area contributed by atoms with Crippen LogP contribution < -0.4 is 10.4 Å². The van der Waals surface area contributed by atoms with Crippen LogP contribution in [0.4, 0.5) is 0 Å². The van der Waals surface area contributed by atoms with E-state index in [0.717, 1.165) is 23.1 Å². The minimum Gasteiger partial charge on any atom is -0.483 e. The van der Waals surface area contributed by atoms with Gasteiger partial charge in [0.15, 0.2) is 12.2 Å². The molecule has 2 bridgehead atoms. The van der Waals surface area contributed by atoms with Crippen molar-refractivity contribution in [3.05, 3.63) is 169 Å². The molecule has 5 aromatic rings. The lowest BCUT2D eigenvalue weighted by Crippen LogP contribution is -2.52. The van der Waals surface area contributed by atoms with E-state index in [1.807, 2.05) is 19.9 Å². The lowest BCUT2D eigenvalue weighted by atomic mass is 9.72. The molecule has 4 aliphatic rings. The number of hydrogen-bond acceptors (Lipinski definition) is 9. The Hall–Kier alpha value is -5.77. The van der Waals surface area contributed by atoms with Gasteiger partial charge in [-0.15, -0.1) is 0 Å². The van der Waals surface area contributed by atoms with Crippen molar-refractivity contribution >= 4 is 22.9 Å². The summed E-state index contributed by atoms with van der Waals surface area (Å²) in [5, 5.41) is 11.1. The summed E-state index contributed by atoms with van der Waals surface area (Å²) in [4.78, 5) is 42.7. The highest BCUT2D eigenvalue weighted by molar-refractivity contribution is 5.90. The monoisotopic (exact) mass is 822 g/mol. The molecule has 0 amide bonds. The number of aliphatic hydroxyl groups excluding tert-OH is 1. The second kappa shape index (κ2) is 17.7. The van der Waals surface area contributed by atoms with Gasteiger partial charge in [-0.2, -0.15) is 0 Å². The molecule has 9 nitrogen and oxygen atoms in total. The maximum Gasteiger partial charge on any atom is 0.339 e. The molecule has 61 heavy (non-hydrogen) atoms. The molecule has 0 fully saturated rings. The first-order valence-corrected chi connectivity index (χ1v) is 21.3. The Bertz CT molecular complexity index is 2540. The van der Waals surface area contributed by atoms with E-state index in [2.05, 4.69) is 84.9 Å². The molecule has 0 radical (unpaired) electrons. The SMILES string of the molecule is COCCc1c(CO)c2ccc3c(c2oc1=O)[C@H]1OC(=O)C[C@@H]2C[C@H](c4cccc(Cc5ccccc5)c4)C=C[C@H]2c2ccc(cc2)CCC(=C(C)C)C(=O)O[C@@H]1C(C)(C)O3. The average Bonchev–Trinajstić information content (AvgIpc) is 3.24. The normalized spacial score (nSPS) is 22.4. The highest BCUT2D eigenvalue weighted by atomic mass is 16.6. The minimum atomic E-state index is -1.22. The van der Waals surface area contributed by atoms with Crippen LogP contribution in [0.25, 0.3) is 11.0 Å². The van der Waals surface area contributed by atoms with E-state index < -0.39 is 42.0 Å². The molecule has 1 N–H and O–H groups in total. The summed E-state index contributed by atoms with van der Waals surface area (Å²) in [7, 11) is 1.54. The van der Waals surface area contributed by atoms with Crippen molar-refractivity contribution in [2.24, 2.45) is 5.92 Å². The Morgan fingerprint density at radius 2 is 1.61 bits per heavy atom. The van der Waals surface area contributed by atoms with Gasteiger partial charge in [-0.3, -0.25) is 4.79 Å². The summed E-state index contributed by atoms with van der Waals surface area (Å²) in [5.41, 5.74) is 6.41. The first kappa shape index (κ1) is 41.9. The second-order valence-corrected chi connectivity index (χ2v) is 17.4. The summed E-state index contributed by atoms with van der Waals surface area (Å²) < 4.78 is 30.9. The van der Waals surface area contributed by atoms with Crippen molar-refractivity contribution in [2.45, 2.75) is 102 Å². The quantitative estimate of drug-likeness (QED) is 0.0741. The van der Waals surface area contributed by atoms with Crippen molar-refractivity contribution in [3.8, 4) is 5.75 Å². The lowest BCUT2D eigenvalue weighted by Gasteiger charge is -2.43. The summed E-state index contributed by atoms with van der Waals surface area (Å²) in [5.74, 6) is -0.833. The third kappa shape index (κ3) is 8.72. The first-order chi connectivity index (χ1) is 29.4. The standard InChI is InChI=1S/C52H54O9/c1-31(2)39-20-16-32-14-17-35(18-15-32)40-21-19-37(36-13-9-12-34(27-36)26-33-10-7-6-8-11-33)28-38(40)29-45(54)58-48-46-44(61-52(3,4)49(48)60-50(39)55)23-22-41-43(30-53)42(24-25-57-5)51(56)59-47(41)46/h6-15,17-19,21-23,27,37-38,40,48-49,53H,16,20,24-26,28-30H2,1-5H3/t37-,38+,40+,48-,49+/m1/s1. The molecule has 1 aliphatic carbocycles. The average molecular weight is 823 g/mol. The molecular formula is C52H54O9. The van der Waals surface area contributed by atoms with Gasteiger partial charge >= 0.3 is 17.6 Å². The van der Waals surface area contributed by atoms with Gasteiger partial charge < -0.3 is 28.5 Å². The van der Waals surface area contributed by atoms with Gasteiger partial charge in [0.2, 0.25) is 0 Å². The van der Waals surface area contributed by atoms with Gasteiger partial charge in [0.05, 0.1) is 18.8 Å². The Balaban J connectivity index is 1.22. The van der Waals surface area contributed by atoms with E-state index >= 15 is 0 Å². The van der Waals surface area contributed by atoms with Crippen molar-refractivity contribution in [1.82, 2.24) is 0 Å². The zero-order valence-electron chi connectivity index (χ0n) is 35.6. The zero-order valence-corrected chi connectivity index (χ0v) is 35.6. The van der Waals surface area contributed by atoms with Gasteiger partial charge in [0.1, 0.15) is 16.9 Å². The van der Waals surface area contributed by atoms with E-state index in [0.29, 0.717) is 47.1 Å². The van der Waals surface area contributed by atoms with E-state index in [4.69, 9.17) is 23.4 Å². The number of hydrogen-bond donors (Lipinski definition) is 1. The van der Waals surface area contributed by atoms with Crippen LogP contribution in [0.5, 0.6) is 5.75 Å². The second-order valence-electron chi connectivity index (χ2n) is 17.4. The van der Waals surface area contributed by atoms with Crippen LogP contribution in [0, 0.1) is 5.92 Å². The largest absolute Gasteiger partial charge is 0.483 e. The number of ether oxygens (including phenoxy) is 4. The van der Waals surface area contributed by atoms with Crippen molar-refractivity contribution in [1.29, 1.82) is 0 Å². The van der Waals surface area contributed by atoms with E-state index in [9.17, 15) is 19.5 Å². The fraction of sp³-hybridized carbons (Fsp3) is 0.365. The van der Waals surface area contributed by atoms with Gasteiger partial charge in [-0.05, 0) is 105 Å². The Kier molecular flexibility index (Phi) is 12.2. The number of methoxy groups -OCH3 is 1. The Morgan fingerprint density at radius 3 is 2.34 bits per heavy atom. The number of carbonyl (C=O) groups excluding carboxylic acids is 2. The predicted octanol–water partition coefficient (Wildman–Crippen LogP) is 9.55. The van der Waals surface area contributed by atoms with E-state index in [1.54, 1.807) is 26.0 Å². The summed E-state index contributed by atoms with van der Waals surface area (Å²) in [6.45, 7) is 7.17. The number of esters is 2. The van der Waals surface area contributed by atoms with Crippen molar-refractivity contribution < 1.29 is 38.1 Å². The summed E-state index contributed by atoms with van der Waals surface area (Å²) in [6, 6.07) is 31.1. The fourth-order valence-corrected chi connectivity index (χ4v) is 9.44. The van der Waals surface area contributed by atoms with Crippen LogP contribution in [0.2, 0.25) is 0 Å². The molecule has 1 aromatic heterocycles. The third-order valence-corrected chi connectivity index (χ3v) is 12.7. The first-order valence-electron chi connectivity index (χ1n) is 21.3. The third-order valence-electron chi connectivity index (χ3n) is 12.7. The Labute approximate surface area is 357 Å². The summed E-state index contributed by atoms with van der Waals surface area (Å²) >= 11 is 0. The number of benzene rings is 4. The Morgan fingerprint density at radius 1 is 0.836 bits per heavy atom. The lowest BCUT2D eigenvalue weighted by molar-refractivity contribution is -0.188. The van der Waals surface area contributed by atoms with Crippen LogP contribution in [0.1, 0.15) is 109 Å². The van der Waals surface area contributed by atoms with E-state index in [1.165, 1.54) is 23.8 Å². The van der Waals surface area contributed by atoms with Crippen LogP contribution in [0.15, 0.2) is 124 Å². The smallest absolute Gasteiger partial charge is 0.339 e. The predicted molar refractivity (Wildman–Crippen MR) is 234 cm³/mol. The number of fused-ring (bicyclic) bond motifs is 11. The topological polar surface area (TPSA) is 122 Å². The number of allylic oxidation sites excluding steroid dienone is 3. The maximum atomic E-state index is 14.7. The molecule has 5 atom stereocenters. The van der Waals surface area contributed by atoms with Crippen LogP contribution in [-0.2, 0) is 49.7 Å². The molecule has 4 heterocycles. The number of aliphatic hydroxyl groups is 1. The maximum absolute atomic E-state index is 14.7. The van der Waals surface area contributed by atoms with Gasteiger partial charge in [0, 0.05) is 48.3 Å². The molecule has 4 aromatic carbocycles. The summed E-state index contributed by atoms with van der Waals surface area (Å²) in [6.07, 6.45) is 5.05. The van der Waals surface area contributed by atoms with Crippen molar-refractivity contribution in [3.63, 3.8) is 0 Å². The molecule has 316 valence electrons. The highest BCUT2D eigenvalue weighted by Crippen LogP contribution is 2.49. The molecule has 9 heteroatoms. The highest BCUT2D eigenvalue weighted by Gasteiger charge is 2.51. The molecule has 0 saturated heterocycles. The van der Waals surface area contributed by atoms with Gasteiger partial charge in [0.25, 0.3) is 0 Å². The van der Waals surface area contributed by atoms with Crippen molar-refractivity contribution in [2.75, 3.05) is 13.7 Å². The van der Waals surface area contributed by atoms with Crippen LogP contribution >= 0.6 is 0 Å². The van der Waals surface area contributed by atoms with Gasteiger partial charge in [-0.1, -0.05) is 96.6 Å². The van der Waals surface area contributed by atoms with Gasteiger partial charge in [-0.25, -0.2) is 9.59 Å². The molecule has 0 spiro atoms. The fourth-order valence-electron chi connectivity index (χ4n) is 9.44. The van der Waals surface area contributed by atoms with E-state index in [-0.39, 0.29) is 48.3 Å². The number of aryl methyl sites for hydroxylation is 1. The molecule has 9 rings (SSSR count). The number of carbonyl (C=O) groups is 2. The minimum absolute atomic E-state index is 0.0601. The van der Waals surface area contributed by atoms with Crippen LogP contribution in [-0.4, -0.2) is 42.5 Å². The number of rotatable bonds is 7.